The van der Waals surface area contributed by atoms with Gasteiger partial charge in [-0.3, -0.25) is 10.1 Å². The number of nitrogens with two attached hydrogens (primary N) is 1. The monoisotopic (exact) mass is 447 g/mol. The molecule has 0 saturated heterocycles. The van der Waals surface area contributed by atoms with Crippen molar-refractivity contribution in [1.29, 1.82) is 10.5 Å². The molecule has 0 aromatic heterocycles. The molecule has 1 amide bonds. The van der Waals surface area contributed by atoms with Crippen molar-refractivity contribution in [1.82, 2.24) is 5.32 Å². The van der Waals surface area contributed by atoms with E-state index in [0.29, 0.717) is 0 Å². The Morgan fingerprint density at radius 3 is 2.56 bits per heavy atom. The molecule has 32 heavy (non-hydrogen) atoms. The number of guanidine groups is 1. The van der Waals surface area contributed by atoms with Crippen LogP contribution >= 0.6 is 11.6 Å². The van der Waals surface area contributed by atoms with Gasteiger partial charge in [0.1, 0.15) is 18.2 Å². The Kier molecular flexibility index (Phi) is 7.02. The van der Waals surface area contributed by atoms with Gasteiger partial charge in [0.05, 0.1) is 22.2 Å². The number of hydrogen-bond acceptors (Lipinski definition) is 5. The average Bonchev–Trinajstić information content (AvgIpc) is 2.79. The zero-order chi connectivity index (χ0) is 23.1. The van der Waals surface area contributed by atoms with Gasteiger partial charge in [-0.1, -0.05) is 54.1 Å². The van der Waals surface area contributed by atoms with Gasteiger partial charge < -0.3 is 10.5 Å². The SMILES string of the molecule is N#C/N=C(\N)NC(=O)c1c(OCc2ccccc2)ccc(C#N)c1-c1cccc(F)c1Cl. The van der Waals surface area contributed by atoms with Gasteiger partial charge in [0.15, 0.2) is 0 Å². The second-order valence-corrected chi connectivity index (χ2v) is 6.78. The zero-order valence-corrected chi connectivity index (χ0v) is 17.2. The molecule has 3 rings (SSSR count). The second kappa shape index (κ2) is 10.1. The maximum atomic E-state index is 14.2. The molecule has 3 N–H and O–H groups in total. The molecule has 0 radical (unpaired) electrons. The third-order valence-electron chi connectivity index (χ3n) is 4.38. The highest BCUT2D eigenvalue weighted by atomic mass is 35.5. The highest BCUT2D eigenvalue weighted by molar-refractivity contribution is 6.34. The first-order valence-corrected chi connectivity index (χ1v) is 9.55. The maximum Gasteiger partial charge on any atom is 0.262 e. The highest BCUT2D eigenvalue weighted by Gasteiger charge is 2.25. The topological polar surface area (TPSA) is 124 Å². The third kappa shape index (κ3) is 4.84. The van der Waals surface area contributed by atoms with E-state index in [1.165, 1.54) is 30.5 Å². The average molecular weight is 448 g/mol. The number of rotatable bonds is 5. The van der Waals surface area contributed by atoms with Gasteiger partial charge in [-0.25, -0.2) is 4.39 Å². The zero-order valence-electron chi connectivity index (χ0n) is 16.5. The van der Waals surface area contributed by atoms with Crippen molar-refractivity contribution in [2.24, 2.45) is 10.7 Å². The van der Waals surface area contributed by atoms with Crippen LogP contribution in [0.5, 0.6) is 5.75 Å². The molecule has 3 aromatic carbocycles. The van der Waals surface area contributed by atoms with Crippen molar-refractivity contribution in [2.75, 3.05) is 0 Å². The lowest BCUT2D eigenvalue weighted by molar-refractivity contribution is 0.0973. The molecule has 7 nitrogen and oxygen atoms in total. The molecule has 0 atom stereocenters. The van der Waals surface area contributed by atoms with E-state index < -0.39 is 17.7 Å². The summed E-state index contributed by atoms with van der Waals surface area (Å²) in [5, 5.41) is 20.3. The maximum absolute atomic E-state index is 14.2. The molecule has 0 aliphatic heterocycles. The molecule has 3 aromatic rings. The van der Waals surface area contributed by atoms with Crippen molar-refractivity contribution in [3.8, 4) is 29.1 Å². The van der Waals surface area contributed by atoms with Crippen LogP contribution in [0.2, 0.25) is 5.02 Å². The number of carbonyl (C=O) groups is 1. The number of amides is 1. The van der Waals surface area contributed by atoms with Crippen LogP contribution < -0.4 is 15.8 Å². The largest absolute Gasteiger partial charge is 0.488 e. The minimum Gasteiger partial charge on any atom is -0.488 e. The van der Waals surface area contributed by atoms with Crippen molar-refractivity contribution in [2.45, 2.75) is 6.61 Å². The van der Waals surface area contributed by atoms with E-state index in [2.05, 4.69) is 10.3 Å². The molecule has 0 unspecified atom stereocenters. The lowest BCUT2D eigenvalue weighted by Gasteiger charge is -2.18. The fourth-order valence-corrected chi connectivity index (χ4v) is 3.22. The summed E-state index contributed by atoms with van der Waals surface area (Å²) in [5.41, 5.74) is 6.52. The van der Waals surface area contributed by atoms with E-state index in [9.17, 15) is 14.4 Å². The number of nitrogens with one attached hydrogen (secondary N) is 1. The number of benzene rings is 3. The Balaban J connectivity index is 2.20. The number of halogens is 2. The third-order valence-corrected chi connectivity index (χ3v) is 4.77. The van der Waals surface area contributed by atoms with Gasteiger partial charge in [0.25, 0.3) is 5.91 Å². The molecule has 0 spiro atoms. The fraction of sp³-hybridized carbons (Fsp3) is 0.0435. The van der Waals surface area contributed by atoms with Crippen LogP contribution in [-0.2, 0) is 6.61 Å². The van der Waals surface area contributed by atoms with Gasteiger partial charge in [0, 0.05) is 11.1 Å². The van der Waals surface area contributed by atoms with E-state index >= 15 is 0 Å². The number of nitrogens with zero attached hydrogens (tertiary/aromatic N) is 3. The van der Waals surface area contributed by atoms with Gasteiger partial charge in [-0.05, 0) is 23.8 Å². The summed E-state index contributed by atoms with van der Waals surface area (Å²) in [4.78, 5) is 16.4. The van der Waals surface area contributed by atoms with Crippen LogP contribution in [0.15, 0.2) is 65.7 Å². The van der Waals surface area contributed by atoms with Crippen LogP contribution in [0.25, 0.3) is 11.1 Å². The summed E-state index contributed by atoms with van der Waals surface area (Å²) in [6.45, 7) is 0.116. The Morgan fingerprint density at radius 1 is 1.12 bits per heavy atom. The Bertz CT molecular complexity index is 1280. The van der Waals surface area contributed by atoms with E-state index in [1.807, 2.05) is 36.4 Å². The van der Waals surface area contributed by atoms with Crippen LogP contribution in [0.3, 0.4) is 0 Å². The molecule has 0 fully saturated rings. The predicted molar refractivity (Wildman–Crippen MR) is 117 cm³/mol. The van der Waals surface area contributed by atoms with Crippen molar-refractivity contribution < 1.29 is 13.9 Å². The van der Waals surface area contributed by atoms with Crippen molar-refractivity contribution in [3.63, 3.8) is 0 Å². The number of nitriles is 2. The normalized spacial score (nSPS) is 10.7. The van der Waals surface area contributed by atoms with Crippen LogP contribution in [0, 0.1) is 28.6 Å². The summed E-state index contributed by atoms with van der Waals surface area (Å²) in [6, 6.07) is 18.1. The number of aliphatic imine (C=N–C) groups is 1. The number of carbonyl (C=O) groups excluding carboxylic acids is 1. The van der Waals surface area contributed by atoms with E-state index in [-0.39, 0.29) is 39.6 Å². The summed E-state index contributed by atoms with van der Waals surface area (Å²) in [5.74, 6) is -1.88. The Morgan fingerprint density at radius 2 is 1.88 bits per heavy atom. The first-order valence-electron chi connectivity index (χ1n) is 9.18. The number of ether oxygens (including phenoxy) is 1. The molecule has 158 valence electrons. The lowest BCUT2D eigenvalue weighted by Crippen LogP contribution is -2.37. The van der Waals surface area contributed by atoms with Gasteiger partial charge >= 0.3 is 0 Å². The minimum absolute atomic E-state index is 0.0600. The highest BCUT2D eigenvalue weighted by Crippen LogP contribution is 2.38. The fourth-order valence-electron chi connectivity index (χ4n) is 3.00. The van der Waals surface area contributed by atoms with Crippen molar-refractivity contribution in [3.05, 3.63) is 88.2 Å². The van der Waals surface area contributed by atoms with Crippen LogP contribution in [-0.4, -0.2) is 11.9 Å². The lowest BCUT2D eigenvalue weighted by atomic mass is 9.93. The molecule has 0 heterocycles. The van der Waals surface area contributed by atoms with E-state index in [4.69, 9.17) is 27.3 Å². The second-order valence-electron chi connectivity index (χ2n) is 6.40. The quantitative estimate of drug-likeness (QED) is 0.346. The Hall–Kier alpha value is -4.40. The molecule has 0 aliphatic rings. The molecule has 0 saturated carbocycles. The van der Waals surface area contributed by atoms with Crippen LogP contribution in [0.1, 0.15) is 21.5 Å². The van der Waals surface area contributed by atoms with E-state index in [1.54, 1.807) is 0 Å². The molecule has 9 heteroatoms. The molecule has 0 bridgehead atoms. The van der Waals surface area contributed by atoms with Gasteiger partial charge in [-0.15, -0.1) is 4.99 Å². The Labute approximate surface area is 188 Å². The first-order chi connectivity index (χ1) is 15.5. The number of hydrogen-bond donors (Lipinski definition) is 2. The summed E-state index contributed by atoms with van der Waals surface area (Å²) < 4.78 is 20.1. The predicted octanol–water partition coefficient (Wildman–Crippen LogP) is 4.12. The summed E-state index contributed by atoms with van der Waals surface area (Å²) >= 11 is 6.17. The van der Waals surface area contributed by atoms with Crippen LogP contribution in [0.4, 0.5) is 4.39 Å². The first kappa shape index (κ1) is 22.3. The summed E-state index contributed by atoms with van der Waals surface area (Å²) in [6.07, 6.45) is 1.46. The van der Waals surface area contributed by atoms with E-state index in [0.717, 1.165) is 11.6 Å². The van der Waals surface area contributed by atoms with Crippen molar-refractivity contribution >= 4 is 23.5 Å². The summed E-state index contributed by atoms with van der Waals surface area (Å²) in [7, 11) is 0. The molecular formula is C23H15ClFN5O2. The smallest absolute Gasteiger partial charge is 0.262 e. The standard InChI is InChI=1S/C23H15ClFN5O2/c24-21-16(7-4-8-17(21)25)19-15(11-26)9-10-18(32-12-14-5-2-1-3-6-14)20(19)22(31)30-23(28)29-13-27/h1-10H,12H2,(H3,28,29,30,31). The van der Waals surface area contributed by atoms with Gasteiger partial charge in [0.2, 0.25) is 12.2 Å². The minimum atomic E-state index is -0.808. The van der Waals surface area contributed by atoms with Gasteiger partial charge in [-0.2, -0.15) is 10.5 Å². The molecular weight excluding hydrogens is 433 g/mol. The molecule has 0 aliphatic carbocycles.